The van der Waals surface area contributed by atoms with Crippen LogP contribution in [0.15, 0.2) is 28.8 Å². The van der Waals surface area contributed by atoms with Crippen molar-refractivity contribution in [2.45, 2.75) is 40.0 Å². The predicted octanol–water partition coefficient (Wildman–Crippen LogP) is 4.30. The molecule has 0 saturated heterocycles. The second kappa shape index (κ2) is 5.17. The number of nitrogens with zero attached hydrogens (tertiary/aromatic N) is 1. The van der Waals surface area contributed by atoms with E-state index in [0.29, 0.717) is 0 Å². The molecule has 2 rings (SSSR count). The van der Waals surface area contributed by atoms with Crippen LogP contribution in [-0.4, -0.2) is 5.16 Å². The zero-order valence-electron chi connectivity index (χ0n) is 10.8. The molecule has 0 unspecified atom stereocenters. The first-order chi connectivity index (χ1) is 8.22. The molecule has 1 aromatic heterocycles. The Hall–Kier alpha value is -1.57. The Morgan fingerprint density at radius 2 is 1.82 bits per heavy atom. The monoisotopic (exact) mass is 229 g/mol. The van der Waals surface area contributed by atoms with E-state index < -0.39 is 0 Å². The first kappa shape index (κ1) is 11.9. The van der Waals surface area contributed by atoms with Crippen molar-refractivity contribution in [3.8, 4) is 11.3 Å². The lowest BCUT2D eigenvalue weighted by Gasteiger charge is -1.99. The normalized spacial score (nSPS) is 10.8. The topological polar surface area (TPSA) is 26.0 Å². The standard InChI is InChI=1S/C15H19NO/c1-4-5-6-14-12(3)15(16-17-14)13-9-7-11(2)8-10-13/h7-10H,4-6H2,1-3H3. The number of rotatable bonds is 4. The minimum absolute atomic E-state index is 0.983. The highest BCUT2D eigenvalue weighted by Gasteiger charge is 2.12. The Morgan fingerprint density at radius 1 is 1.12 bits per heavy atom. The van der Waals surface area contributed by atoms with Gasteiger partial charge >= 0.3 is 0 Å². The van der Waals surface area contributed by atoms with Crippen molar-refractivity contribution < 1.29 is 4.52 Å². The van der Waals surface area contributed by atoms with Crippen molar-refractivity contribution in [3.63, 3.8) is 0 Å². The molecular formula is C15H19NO. The van der Waals surface area contributed by atoms with Crippen molar-refractivity contribution in [2.24, 2.45) is 0 Å². The zero-order valence-corrected chi connectivity index (χ0v) is 10.8. The van der Waals surface area contributed by atoms with Gasteiger partial charge in [-0.1, -0.05) is 48.3 Å². The lowest BCUT2D eigenvalue weighted by atomic mass is 10.0. The first-order valence-corrected chi connectivity index (χ1v) is 6.24. The van der Waals surface area contributed by atoms with Gasteiger partial charge in [-0.3, -0.25) is 0 Å². The fourth-order valence-corrected chi connectivity index (χ4v) is 1.92. The molecule has 2 aromatic rings. The van der Waals surface area contributed by atoms with Gasteiger partial charge in [-0.05, 0) is 20.3 Å². The predicted molar refractivity (Wildman–Crippen MR) is 70.0 cm³/mol. The summed E-state index contributed by atoms with van der Waals surface area (Å²) in [7, 11) is 0. The van der Waals surface area contributed by atoms with Gasteiger partial charge in [0.15, 0.2) is 0 Å². The maximum absolute atomic E-state index is 5.43. The van der Waals surface area contributed by atoms with E-state index in [2.05, 4.69) is 50.2 Å². The molecule has 0 N–H and O–H groups in total. The van der Waals surface area contributed by atoms with E-state index in [9.17, 15) is 0 Å². The number of aryl methyl sites for hydroxylation is 2. The molecule has 0 radical (unpaired) electrons. The summed E-state index contributed by atoms with van der Waals surface area (Å²) < 4.78 is 5.43. The highest BCUT2D eigenvalue weighted by molar-refractivity contribution is 5.63. The van der Waals surface area contributed by atoms with Gasteiger partial charge in [-0.25, -0.2) is 0 Å². The fraction of sp³-hybridized carbons (Fsp3) is 0.400. The van der Waals surface area contributed by atoms with Crippen LogP contribution in [0.25, 0.3) is 11.3 Å². The smallest absolute Gasteiger partial charge is 0.140 e. The maximum atomic E-state index is 5.43. The van der Waals surface area contributed by atoms with E-state index in [1.54, 1.807) is 0 Å². The number of unbranched alkanes of at least 4 members (excludes halogenated alkanes) is 1. The van der Waals surface area contributed by atoms with Crippen LogP contribution in [0.2, 0.25) is 0 Å². The molecule has 2 nitrogen and oxygen atoms in total. The summed E-state index contributed by atoms with van der Waals surface area (Å²) >= 11 is 0. The van der Waals surface area contributed by atoms with Gasteiger partial charge < -0.3 is 4.52 Å². The van der Waals surface area contributed by atoms with Crippen LogP contribution in [0.4, 0.5) is 0 Å². The van der Waals surface area contributed by atoms with Gasteiger partial charge in [0.1, 0.15) is 11.5 Å². The third kappa shape index (κ3) is 2.57. The van der Waals surface area contributed by atoms with Crippen LogP contribution in [0.1, 0.15) is 36.7 Å². The lowest BCUT2D eigenvalue weighted by molar-refractivity contribution is 0.381. The maximum Gasteiger partial charge on any atom is 0.140 e. The summed E-state index contributed by atoms with van der Waals surface area (Å²) in [4.78, 5) is 0. The molecule has 1 aromatic carbocycles. The molecule has 0 aliphatic rings. The van der Waals surface area contributed by atoms with E-state index in [0.717, 1.165) is 29.9 Å². The van der Waals surface area contributed by atoms with Crippen LogP contribution in [-0.2, 0) is 6.42 Å². The van der Waals surface area contributed by atoms with E-state index >= 15 is 0 Å². The molecule has 0 aliphatic carbocycles. The second-order valence-electron chi connectivity index (χ2n) is 4.55. The van der Waals surface area contributed by atoms with E-state index in [1.165, 1.54) is 17.5 Å². The van der Waals surface area contributed by atoms with Crippen molar-refractivity contribution in [3.05, 3.63) is 41.2 Å². The SMILES string of the molecule is CCCCc1onc(-c2ccc(C)cc2)c1C. The van der Waals surface area contributed by atoms with Crippen LogP contribution in [0.5, 0.6) is 0 Å². The molecule has 0 amide bonds. The Morgan fingerprint density at radius 3 is 2.47 bits per heavy atom. The van der Waals surface area contributed by atoms with Gasteiger partial charge in [0.05, 0.1) is 0 Å². The Labute approximate surface area is 103 Å². The van der Waals surface area contributed by atoms with Gasteiger partial charge in [-0.15, -0.1) is 0 Å². The summed E-state index contributed by atoms with van der Waals surface area (Å²) in [5.74, 6) is 1.03. The molecule has 2 heteroatoms. The molecule has 0 spiro atoms. The molecule has 0 fully saturated rings. The minimum atomic E-state index is 0.983. The Kier molecular flexibility index (Phi) is 3.62. The largest absolute Gasteiger partial charge is 0.360 e. The highest BCUT2D eigenvalue weighted by atomic mass is 16.5. The minimum Gasteiger partial charge on any atom is -0.360 e. The quantitative estimate of drug-likeness (QED) is 0.781. The van der Waals surface area contributed by atoms with E-state index in [4.69, 9.17) is 4.52 Å². The van der Waals surface area contributed by atoms with Crippen LogP contribution >= 0.6 is 0 Å². The molecule has 17 heavy (non-hydrogen) atoms. The van der Waals surface area contributed by atoms with Crippen molar-refractivity contribution in [1.29, 1.82) is 0 Å². The Bertz CT molecular complexity index is 482. The van der Waals surface area contributed by atoms with Crippen molar-refractivity contribution in [2.75, 3.05) is 0 Å². The van der Waals surface area contributed by atoms with Crippen LogP contribution in [0.3, 0.4) is 0 Å². The third-order valence-corrected chi connectivity index (χ3v) is 3.10. The average Bonchev–Trinajstić information content (AvgIpc) is 2.69. The van der Waals surface area contributed by atoms with Crippen molar-refractivity contribution >= 4 is 0 Å². The average molecular weight is 229 g/mol. The fourth-order valence-electron chi connectivity index (χ4n) is 1.92. The van der Waals surface area contributed by atoms with Gasteiger partial charge in [-0.2, -0.15) is 0 Å². The summed E-state index contributed by atoms with van der Waals surface area (Å²) in [5.41, 5.74) is 4.57. The Balaban J connectivity index is 2.27. The molecule has 1 heterocycles. The number of hydrogen-bond acceptors (Lipinski definition) is 2. The summed E-state index contributed by atoms with van der Waals surface area (Å²) in [6, 6.07) is 8.41. The highest BCUT2D eigenvalue weighted by Crippen LogP contribution is 2.25. The molecule has 0 atom stereocenters. The molecule has 90 valence electrons. The third-order valence-electron chi connectivity index (χ3n) is 3.10. The molecule has 0 aliphatic heterocycles. The van der Waals surface area contributed by atoms with Crippen molar-refractivity contribution in [1.82, 2.24) is 5.16 Å². The molecule has 0 bridgehead atoms. The summed E-state index contributed by atoms with van der Waals surface area (Å²) in [6.45, 7) is 6.37. The van der Waals surface area contributed by atoms with Crippen LogP contribution < -0.4 is 0 Å². The summed E-state index contributed by atoms with van der Waals surface area (Å²) in [6.07, 6.45) is 3.32. The molecular weight excluding hydrogens is 210 g/mol. The second-order valence-corrected chi connectivity index (χ2v) is 4.55. The van der Waals surface area contributed by atoms with Crippen LogP contribution in [0, 0.1) is 13.8 Å². The zero-order chi connectivity index (χ0) is 12.3. The number of benzene rings is 1. The van der Waals surface area contributed by atoms with Gasteiger partial charge in [0, 0.05) is 17.5 Å². The van der Waals surface area contributed by atoms with E-state index in [1.807, 2.05) is 0 Å². The summed E-state index contributed by atoms with van der Waals surface area (Å²) in [5, 5.41) is 4.19. The lowest BCUT2D eigenvalue weighted by Crippen LogP contribution is -1.86. The first-order valence-electron chi connectivity index (χ1n) is 6.24. The van der Waals surface area contributed by atoms with Gasteiger partial charge in [0.2, 0.25) is 0 Å². The number of aromatic nitrogens is 1. The van der Waals surface area contributed by atoms with E-state index in [-0.39, 0.29) is 0 Å². The van der Waals surface area contributed by atoms with Gasteiger partial charge in [0.25, 0.3) is 0 Å². The number of hydrogen-bond donors (Lipinski definition) is 0. The molecule has 0 saturated carbocycles.